The Balaban J connectivity index is 3.38. The van der Waals surface area contributed by atoms with Gasteiger partial charge in [-0.05, 0) is 12.8 Å². The molecule has 0 saturated heterocycles. The molecule has 22 heavy (non-hydrogen) atoms. The fourth-order valence-electron chi connectivity index (χ4n) is 2.37. The number of nitrogens with one attached hydrogen (secondary N) is 1. The molecule has 0 saturated carbocycles. The van der Waals surface area contributed by atoms with Gasteiger partial charge in [0.25, 0.3) is 0 Å². The number of hydrogen-bond acceptors (Lipinski definition) is 3. The number of carbonyl (C=O) groups is 1. The van der Waals surface area contributed by atoms with Crippen molar-refractivity contribution in [3.63, 3.8) is 0 Å². The van der Waals surface area contributed by atoms with E-state index in [4.69, 9.17) is 9.84 Å². The van der Waals surface area contributed by atoms with E-state index in [1.165, 1.54) is 44.9 Å². The van der Waals surface area contributed by atoms with Gasteiger partial charge in [-0.1, -0.05) is 65.2 Å². The smallest absolute Gasteiger partial charge is 0.220 e. The minimum Gasteiger partial charge on any atom is -0.394 e. The van der Waals surface area contributed by atoms with Crippen molar-refractivity contribution in [2.45, 2.75) is 90.6 Å². The number of aliphatic hydroxyl groups excluding tert-OH is 1. The monoisotopic (exact) mass is 315 g/mol. The van der Waals surface area contributed by atoms with E-state index >= 15 is 0 Å². The summed E-state index contributed by atoms with van der Waals surface area (Å²) in [6, 6.07) is 0. The van der Waals surface area contributed by atoms with Crippen LogP contribution in [-0.2, 0) is 9.53 Å². The number of hydrogen-bond donors (Lipinski definition) is 2. The fourth-order valence-corrected chi connectivity index (χ4v) is 2.37. The van der Waals surface area contributed by atoms with E-state index in [0.29, 0.717) is 19.6 Å². The Morgan fingerprint density at radius 3 is 2.09 bits per heavy atom. The van der Waals surface area contributed by atoms with E-state index in [1.54, 1.807) is 0 Å². The van der Waals surface area contributed by atoms with Crippen molar-refractivity contribution in [2.24, 2.45) is 0 Å². The molecular weight excluding hydrogens is 278 g/mol. The van der Waals surface area contributed by atoms with Gasteiger partial charge in [0.1, 0.15) is 0 Å². The third-order valence-corrected chi connectivity index (χ3v) is 3.80. The van der Waals surface area contributed by atoms with Gasteiger partial charge in [-0.15, -0.1) is 0 Å². The molecule has 0 aromatic carbocycles. The molecule has 0 aliphatic heterocycles. The van der Waals surface area contributed by atoms with Crippen molar-refractivity contribution in [3.05, 3.63) is 0 Å². The van der Waals surface area contributed by atoms with Crippen LogP contribution in [0.25, 0.3) is 0 Å². The van der Waals surface area contributed by atoms with Crippen LogP contribution in [0.4, 0.5) is 0 Å². The summed E-state index contributed by atoms with van der Waals surface area (Å²) in [7, 11) is 0. The van der Waals surface area contributed by atoms with Gasteiger partial charge < -0.3 is 15.2 Å². The molecule has 4 nitrogen and oxygen atoms in total. The number of amides is 1. The van der Waals surface area contributed by atoms with Gasteiger partial charge in [-0.3, -0.25) is 4.79 Å². The van der Waals surface area contributed by atoms with Crippen LogP contribution in [0, 0.1) is 0 Å². The number of carbonyl (C=O) groups excluding carboxylic acids is 1. The Morgan fingerprint density at radius 1 is 0.955 bits per heavy atom. The minimum atomic E-state index is -0.271. The van der Waals surface area contributed by atoms with Crippen LogP contribution >= 0.6 is 0 Å². The fraction of sp³-hybridized carbons (Fsp3) is 0.944. The molecule has 1 unspecified atom stereocenters. The van der Waals surface area contributed by atoms with Crippen LogP contribution in [0.15, 0.2) is 0 Å². The minimum absolute atomic E-state index is 0.0433. The first-order valence-electron chi connectivity index (χ1n) is 9.23. The van der Waals surface area contributed by atoms with E-state index in [0.717, 1.165) is 19.3 Å². The zero-order valence-corrected chi connectivity index (χ0v) is 14.7. The largest absolute Gasteiger partial charge is 0.394 e. The lowest BCUT2D eigenvalue weighted by atomic mass is 10.1. The van der Waals surface area contributed by atoms with Crippen molar-refractivity contribution in [1.29, 1.82) is 0 Å². The van der Waals surface area contributed by atoms with E-state index in [9.17, 15) is 4.79 Å². The average Bonchev–Trinajstić information content (AvgIpc) is 2.53. The third kappa shape index (κ3) is 14.3. The normalized spacial score (nSPS) is 12.3. The van der Waals surface area contributed by atoms with E-state index < -0.39 is 0 Å². The van der Waals surface area contributed by atoms with Gasteiger partial charge in [-0.2, -0.15) is 0 Å². The molecule has 132 valence electrons. The van der Waals surface area contributed by atoms with Crippen LogP contribution in [0.1, 0.15) is 84.5 Å². The van der Waals surface area contributed by atoms with E-state index in [-0.39, 0.29) is 18.6 Å². The van der Waals surface area contributed by atoms with Crippen molar-refractivity contribution < 1.29 is 14.6 Å². The van der Waals surface area contributed by atoms with Gasteiger partial charge >= 0.3 is 0 Å². The first-order valence-corrected chi connectivity index (χ1v) is 9.23. The summed E-state index contributed by atoms with van der Waals surface area (Å²) in [5.74, 6) is 0.0708. The maximum atomic E-state index is 11.7. The summed E-state index contributed by atoms with van der Waals surface area (Å²) < 4.78 is 5.42. The molecule has 0 aliphatic carbocycles. The molecule has 1 atom stereocenters. The van der Waals surface area contributed by atoms with Crippen molar-refractivity contribution in [1.82, 2.24) is 5.32 Å². The topological polar surface area (TPSA) is 58.6 Å². The van der Waals surface area contributed by atoms with E-state index in [2.05, 4.69) is 12.2 Å². The van der Waals surface area contributed by atoms with Crippen LogP contribution in [0.3, 0.4) is 0 Å². The molecular formula is C18H37NO3. The van der Waals surface area contributed by atoms with Gasteiger partial charge in [-0.25, -0.2) is 0 Å². The highest BCUT2D eigenvalue weighted by atomic mass is 16.5. The van der Waals surface area contributed by atoms with Gasteiger partial charge in [0.2, 0.25) is 5.91 Å². The Bertz CT molecular complexity index is 246. The molecule has 0 spiro atoms. The molecule has 0 rings (SSSR count). The quantitative estimate of drug-likeness (QED) is 0.426. The summed E-state index contributed by atoms with van der Waals surface area (Å²) in [5, 5.41) is 12.0. The second kappa shape index (κ2) is 16.8. The highest BCUT2D eigenvalue weighted by Crippen LogP contribution is 2.10. The Labute approximate surface area is 137 Å². The molecule has 4 heteroatoms. The lowest BCUT2D eigenvalue weighted by Crippen LogP contribution is -2.35. The first-order chi connectivity index (χ1) is 10.7. The van der Waals surface area contributed by atoms with Crippen molar-refractivity contribution >= 4 is 5.91 Å². The summed E-state index contributed by atoms with van der Waals surface area (Å²) in [5.41, 5.74) is 0. The Kier molecular flexibility index (Phi) is 16.3. The molecule has 0 aromatic rings. The van der Waals surface area contributed by atoms with Gasteiger partial charge in [0, 0.05) is 19.6 Å². The number of rotatable bonds is 16. The molecule has 0 aromatic heterocycles. The number of aliphatic hydroxyl groups is 1. The standard InChI is InChI=1S/C18H37NO3/c1-3-5-6-7-8-9-10-11-12-13-18(21)19-15-17(16-20)22-14-4-2/h17,20H,3-16H2,1-2H3,(H,19,21). The lowest BCUT2D eigenvalue weighted by Gasteiger charge is -2.15. The van der Waals surface area contributed by atoms with Crippen LogP contribution < -0.4 is 5.32 Å². The van der Waals surface area contributed by atoms with Crippen LogP contribution in [0.5, 0.6) is 0 Å². The second-order valence-electron chi connectivity index (χ2n) is 6.06. The molecule has 0 heterocycles. The Hall–Kier alpha value is -0.610. The SMILES string of the molecule is CCCCCCCCCCCC(=O)NCC(CO)OCCC. The lowest BCUT2D eigenvalue weighted by molar-refractivity contribution is -0.122. The van der Waals surface area contributed by atoms with Gasteiger partial charge in [0.05, 0.1) is 12.7 Å². The Morgan fingerprint density at radius 2 is 1.55 bits per heavy atom. The predicted molar refractivity (Wildman–Crippen MR) is 92.0 cm³/mol. The predicted octanol–water partition coefficient (Wildman–Crippen LogP) is 3.81. The van der Waals surface area contributed by atoms with Crippen molar-refractivity contribution in [2.75, 3.05) is 19.8 Å². The molecule has 1 amide bonds. The number of unbranched alkanes of at least 4 members (excludes halogenated alkanes) is 8. The van der Waals surface area contributed by atoms with E-state index in [1.807, 2.05) is 6.92 Å². The molecule has 0 radical (unpaired) electrons. The first kappa shape index (κ1) is 21.4. The highest BCUT2D eigenvalue weighted by Gasteiger charge is 2.09. The highest BCUT2D eigenvalue weighted by molar-refractivity contribution is 5.75. The molecule has 0 bridgehead atoms. The summed E-state index contributed by atoms with van der Waals surface area (Å²) in [4.78, 5) is 11.7. The average molecular weight is 315 g/mol. The maximum Gasteiger partial charge on any atom is 0.220 e. The second-order valence-corrected chi connectivity index (χ2v) is 6.06. The summed E-state index contributed by atoms with van der Waals surface area (Å²) >= 11 is 0. The third-order valence-electron chi connectivity index (χ3n) is 3.80. The summed E-state index contributed by atoms with van der Waals surface area (Å²) in [6.45, 7) is 5.25. The number of ether oxygens (including phenoxy) is 1. The maximum absolute atomic E-state index is 11.7. The zero-order valence-electron chi connectivity index (χ0n) is 14.7. The van der Waals surface area contributed by atoms with Crippen LogP contribution in [-0.4, -0.2) is 36.9 Å². The van der Waals surface area contributed by atoms with Gasteiger partial charge in [0.15, 0.2) is 0 Å². The van der Waals surface area contributed by atoms with Crippen molar-refractivity contribution in [3.8, 4) is 0 Å². The molecule has 0 fully saturated rings. The summed E-state index contributed by atoms with van der Waals surface area (Å²) in [6.07, 6.45) is 12.6. The molecule has 0 aliphatic rings. The van der Waals surface area contributed by atoms with Crippen LogP contribution in [0.2, 0.25) is 0 Å². The molecule has 2 N–H and O–H groups in total. The zero-order chi connectivity index (χ0) is 16.5.